The number of thiazole rings is 1. The molecule has 0 aromatic carbocycles. The van der Waals surface area contributed by atoms with E-state index in [4.69, 9.17) is 10.2 Å². The van der Waals surface area contributed by atoms with Gasteiger partial charge in [-0.2, -0.15) is 5.26 Å². The first-order valence-electron chi connectivity index (χ1n) is 8.94. The molecule has 1 atom stereocenters. The molecular formula is C20H20N6S. The number of nitrogens with zero attached hydrogens (tertiary/aromatic N) is 5. The monoisotopic (exact) mass is 376 g/mol. The summed E-state index contributed by atoms with van der Waals surface area (Å²) in [6.45, 7) is 4.04. The number of likely N-dealkylation sites (tertiary alicyclic amines) is 1. The predicted molar refractivity (Wildman–Crippen MR) is 106 cm³/mol. The maximum atomic E-state index is 9.01. The molecule has 1 aliphatic heterocycles. The van der Waals surface area contributed by atoms with Crippen LogP contribution in [0.2, 0.25) is 0 Å². The third-order valence-corrected chi connectivity index (χ3v) is 5.44. The third-order valence-electron chi connectivity index (χ3n) is 4.67. The van der Waals surface area contributed by atoms with E-state index in [9.17, 15) is 0 Å². The lowest BCUT2D eigenvalue weighted by Crippen LogP contribution is -2.23. The van der Waals surface area contributed by atoms with Crippen molar-refractivity contribution in [3.63, 3.8) is 0 Å². The van der Waals surface area contributed by atoms with E-state index in [0.717, 1.165) is 30.3 Å². The number of pyridine rings is 2. The van der Waals surface area contributed by atoms with Crippen LogP contribution in [-0.2, 0) is 6.54 Å². The highest BCUT2D eigenvalue weighted by molar-refractivity contribution is 7.13. The largest absolute Gasteiger partial charge is 0.316 e. The Balaban J connectivity index is 1.47. The molecule has 1 saturated heterocycles. The molecule has 136 valence electrons. The topological polar surface area (TPSA) is 77.7 Å². The van der Waals surface area contributed by atoms with E-state index in [-0.39, 0.29) is 0 Å². The van der Waals surface area contributed by atoms with E-state index >= 15 is 0 Å². The SMILES string of the molecule is Cc1cncc(CN2CCCC2c2csc(Nc3cc(C#N)ccn3)n2)c1. The fraction of sp³-hybridized carbons (Fsp3) is 0.300. The van der Waals surface area contributed by atoms with Crippen molar-refractivity contribution in [1.29, 1.82) is 5.26 Å². The summed E-state index contributed by atoms with van der Waals surface area (Å²) < 4.78 is 0. The van der Waals surface area contributed by atoms with Gasteiger partial charge in [0.05, 0.1) is 23.4 Å². The van der Waals surface area contributed by atoms with Crippen LogP contribution in [0.1, 0.15) is 41.3 Å². The van der Waals surface area contributed by atoms with Crippen LogP contribution in [0.15, 0.2) is 42.2 Å². The van der Waals surface area contributed by atoms with Crippen molar-refractivity contribution < 1.29 is 0 Å². The van der Waals surface area contributed by atoms with Gasteiger partial charge in [0.25, 0.3) is 0 Å². The summed E-state index contributed by atoms with van der Waals surface area (Å²) in [5.74, 6) is 0.643. The van der Waals surface area contributed by atoms with Crippen LogP contribution in [0.3, 0.4) is 0 Å². The first-order chi connectivity index (χ1) is 13.2. The average molecular weight is 376 g/mol. The summed E-state index contributed by atoms with van der Waals surface area (Å²) >= 11 is 1.57. The zero-order valence-corrected chi connectivity index (χ0v) is 15.9. The summed E-state index contributed by atoms with van der Waals surface area (Å²) in [6, 6.07) is 8.07. The molecule has 4 rings (SSSR count). The maximum absolute atomic E-state index is 9.01. The number of nitrogens with one attached hydrogen (secondary N) is 1. The Morgan fingerprint density at radius 1 is 1.37 bits per heavy atom. The van der Waals surface area contributed by atoms with Crippen molar-refractivity contribution >= 4 is 22.3 Å². The third kappa shape index (κ3) is 4.13. The molecule has 1 fully saturated rings. The molecule has 1 N–H and O–H groups in total. The van der Waals surface area contributed by atoms with Gasteiger partial charge in [-0.25, -0.2) is 9.97 Å². The number of aromatic nitrogens is 3. The highest BCUT2D eigenvalue weighted by Gasteiger charge is 2.28. The lowest BCUT2D eigenvalue weighted by Gasteiger charge is -2.23. The first kappa shape index (κ1) is 17.6. The Hall–Kier alpha value is -2.82. The molecule has 7 heteroatoms. The van der Waals surface area contributed by atoms with Crippen molar-refractivity contribution in [2.45, 2.75) is 32.4 Å². The molecule has 0 aliphatic carbocycles. The zero-order chi connectivity index (χ0) is 18.6. The average Bonchev–Trinajstić information content (AvgIpc) is 3.31. The molecule has 0 radical (unpaired) electrons. The van der Waals surface area contributed by atoms with Gasteiger partial charge in [0.15, 0.2) is 5.13 Å². The van der Waals surface area contributed by atoms with Crippen LogP contribution in [0.25, 0.3) is 0 Å². The molecule has 1 aliphatic rings. The van der Waals surface area contributed by atoms with E-state index in [1.54, 1.807) is 29.7 Å². The van der Waals surface area contributed by atoms with E-state index in [2.05, 4.69) is 44.6 Å². The summed E-state index contributed by atoms with van der Waals surface area (Å²) in [5.41, 5.74) is 4.11. The van der Waals surface area contributed by atoms with Gasteiger partial charge >= 0.3 is 0 Å². The molecule has 6 nitrogen and oxygen atoms in total. The molecule has 0 amide bonds. The highest BCUT2D eigenvalue weighted by Crippen LogP contribution is 2.35. The van der Waals surface area contributed by atoms with Crippen LogP contribution < -0.4 is 5.32 Å². The number of hydrogen-bond acceptors (Lipinski definition) is 7. The summed E-state index contributed by atoms with van der Waals surface area (Å²) in [4.78, 5) is 15.8. The maximum Gasteiger partial charge on any atom is 0.188 e. The number of rotatable bonds is 5. The van der Waals surface area contributed by atoms with Gasteiger partial charge in [-0.15, -0.1) is 11.3 Å². The van der Waals surface area contributed by atoms with Crippen LogP contribution in [0.5, 0.6) is 0 Å². The van der Waals surface area contributed by atoms with Crippen molar-refractivity contribution in [2.24, 2.45) is 0 Å². The van der Waals surface area contributed by atoms with Gasteiger partial charge in [-0.3, -0.25) is 9.88 Å². The Labute approximate surface area is 162 Å². The fourth-order valence-corrected chi connectivity index (χ4v) is 4.23. The minimum atomic E-state index is 0.329. The molecule has 0 bridgehead atoms. The molecule has 4 heterocycles. The second-order valence-corrected chi connectivity index (χ2v) is 7.60. The molecule has 3 aromatic rings. The lowest BCUT2D eigenvalue weighted by atomic mass is 10.1. The summed E-state index contributed by atoms with van der Waals surface area (Å²) in [7, 11) is 0. The van der Waals surface area contributed by atoms with Crippen molar-refractivity contribution in [2.75, 3.05) is 11.9 Å². The van der Waals surface area contributed by atoms with Gasteiger partial charge in [0.2, 0.25) is 0 Å². The van der Waals surface area contributed by atoms with E-state index < -0.39 is 0 Å². The Kier molecular flexibility index (Phi) is 5.10. The minimum absolute atomic E-state index is 0.329. The summed E-state index contributed by atoms with van der Waals surface area (Å²) in [6.07, 6.45) is 7.76. The van der Waals surface area contributed by atoms with Crippen LogP contribution >= 0.6 is 11.3 Å². The number of aryl methyl sites for hydroxylation is 1. The normalized spacial score (nSPS) is 17.0. The number of hydrogen-bond donors (Lipinski definition) is 1. The second-order valence-electron chi connectivity index (χ2n) is 6.74. The van der Waals surface area contributed by atoms with Gasteiger partial charge in [-0.1, -0.05) is 6.07 Å². The molecule has 0 spiro atoms. The molecular weight excluding hydrogens is 356 g/mol. The molecule has 0 saturated carbocycles. The smallest absolute Gasteiger partial charge is 0.188 e. The first-order valence-corrected chi connectivity index (χ1v) is 9.82. The van der Waals surface area contributed by atoms with Crippen LogP contribution in [0, 0.1) is 18.3 Å². The van der Waals surface area contributed by atoms with Crippen LogP contribution in [-0.4, -0.2) is 26.4 Å². The number of nitriles is 1. The van der Waals surface area contributed by atoms with Gasteiger partial charge in [0, 0.05) is 30.5 Å². The standard InChI is InChI=1S/C20H20N6S/c1-14-7-16(11-22-10-14)12-26-6-2-3-18(26)17-13-27-20(24-17)25-19-8-15(9-21)4-5-23-19/h4-5,7-8,10-11,13,18H,2-3,6,12H2,1H3,(H,23,24,25). The Bertz CT molecular complexity index is 976. The highest BCUT2D eigenvalue weighted by atomic mass is 32.1. The van der Waals surface area contributed by atoms with Gasteiger partial charge < -0.3 is 5.32 Å². The zero-order valence-electron chi connectivity index (χ0n) is 15.1. The van der Waals surface area contributed by atoms with Gasteiger partial charge in [0.1, 0.15) is 5.82 Å². The Morgan fingerprint density at radius 2 is 2.30 bits per heavy atom. The summed E-state index contributed by atoms with van der Waals surface area (Å²) in [5, 5.41) is 15.1. The van der Waals surface area contributed by atoms with Crippen molar-refractivity contribution in [3.8, 4) is 6.07 Å². The molecule has 1 unspecified atom stereocenters. The lowest BCUT2D eigenvalue weighted by molar-refractivity contribution is 0.245. The van der Waals surface area contributed by atoms with E-state index in [1.165, 1.54) is 17.5 Å². The van der Waals surface area contributed by atoms with E-state index in [1.807, 2.05) is 12.4 Å². The Morgan fingerprint density at radius 3 is 3.15 bits per heavy atom. The fourth-order valence-electron chi connectivity index (χ4n) is 3.46. The van der Waals surface area contributed by atoms with Gasteiger partial charge in [-0.05, 0) is 49.6 Å². The minimum Gasteiger partial charge on any atom is -0.316 e. The van der Waals surface area contributed by atoms with Crippen molar-refractivity contribution in [3.05, 3.63) is 64.6 Å². The van der Waals surface area contributed by atoms with Crippen LogP contribution in [0.4, 0.5) is 10.9 Å². The predicted octanol–water partition coefficient (Wildman–Crippen LogP) is 4.19. The quantitative estimate of drug-likeness (QED) is 0.719. The molecule has 3 aromatic heterocycles. The number of anilines is 2. The van der Waals surface area contributed by atoms with E-state index in [0.29, 0.717) is 17.4 Å². The second kappa shape index (κ2) is 7.82. The molecule has 27 heavy (non-hydrogen) atoms. The van der Waals surface area contributed by atoms with Crippen molar-refractivity contribution in [1.82, 2.24) is 19.9 Å².